The molecule has 0 saturated carbocycles. The Bertz CT molecular complexity index is 214. The van der Waals surface area contributed by atoms with Gasteiger partial charge in [-0.2, -0.15) is 9.50 Å². The van der Waals surface area contributed by atoms with Crippen molar-refractivity contribution in [3.63, 3.8) is 0 Å². The highest BCUT2D eigenvalue weighted by atomic mass is 19.2. The maximum Gasteiger partial charge on any atom is 0.268 e. The fourth-order valence-corrected chi connectivity index (χ4v) is 0.429. The van der Waals surface area contributed by atoms with E-state index in [1.807, 2.05) is 0 Å². The van der Waals surface area contributed by atoms with E-state index in [-0.39, 0.29) is 0 Å². The smallest absolute Gasteiger partial charge is 0.202 e. The molecule has 1 aliphatic heterocycles. The highest BCUT2D eigenvalue weighted by Gasteiger charge is 1.99. The van der Waals surface area contributed by atoms with E-state index in [1.54, 1.807) is 0 Å². The van der Waals surface area contributed by atoms with Gasteiger partial charge in [-0.25, -0.2) is 4.39 Å². The molecular weight excluding hydrogens is 138 g/mol. The molecule has 0 bridgehead atoms. The first-order valence-electron chi connectivity index (χ1n) is 2.60. The zero-order valence-corrected chi connectivity index (χ0v) is 4.96. The van der Waals surface area contributed by atoms with Crippen LogP contribution in [0.15, 0.2) is 46.4 Å². The van der Waals surface area contributed by atoms with Crippen LogP contribution >= 0.6 is 0 Å². The number of halogens is 2. The Labute approximate surface area is 56.3 Å². The summed E-state index contributed by atoms with van der Waals surface area (Å²) in [6.45, 7) is 0. The maximum absolute atomic E-state index is 12.2. The predicted octanol–water partition coefficient (Wildman–Crippen LogP) is 2.63. The molecule has 1 aliphatic rings. The van der Waals surface area contributed by atoms with Gasteiger partial charge in [0.15, 0.2) is 5.83 Å². The van der Waals surface area contributed by atoms with E-state index in [2.05, 4.69) is 10.2 Å². The minimum Gasteiger partial charge on any atom is -0.202 e. The highest BCUT2D eigenvalue weighted by molar-refractivity contribution is 5.19. The summed E-state index contributed by atoms with van der Waals surface area (Å²) in [4.78, 5) is 0. The van der Waals surface area contributed by atoms with E-state index >= 15 is 0 Å². The first-order chi connectivity index (χ1) is 4.80. The first-order valence-corrected chi connectivity index (χ1v) is 2.60. The Morgan fingerprint density at radius 2 is 2.00 bits per heavy atom. The molecule has 52 valence electrons. The summed E-state index contributed by atoms with van der Waals surface area (Å²) in [6.07, 6.45) is 5.04. The van der Waals surface area contributed by atoms with Crippen molar-refractivity contribution in [3.8, 4) is 0 Å². The Morgan fingerprint density at radius 3 is 2.80 bits per heavy atom. The lowest BCUT2D eigenvalue weighted by Crippen LogP contribution is -1.72. The number of hydrogen-bond donors (Lipinski definition) is 0. The van der Waals surface area contributed by atoms with Crippen molar-refractivity contribution in [3.05, 3.63) is 36.2 Å². The summed E-state index contributed by atoms with van der Waals surface area (Å²) in [6, 6.07) is 0. The van der Waals surface area contributed by atoms with Crippen LogP contribution in [0, 0.1) is 0 Å². The van der Waals surface area contributed by atoms with Crippen LogP contribution in [0.4, 0.5) is 8.78 Å². The molecule has 0 N–H and O–H groups in total. The molecule has 0 aromatic heterocycles. The zero-order valence-electron chi connectivity index (χ0n) is 4.96. The van der Waals surface area contributed by atoms with E-state index < -0.39 is 11.8 Å². The van der Waals surface area contributed by atoms with Gasteiger partial charge in [-0.3, -0.25) is 0 Å². The largest absolute Gasteiger partial charge is 0.268 e. The van der Waals surface area contributed by atoms with E-state index in [0.29, 0.717) is 0 Å². The molecule has 0 spiro atoms. The Kier molecular flexibility index (Phi) is 2.04. The van der Waals surface area contributed by atoms with Gasteiger partial charge in [-0.05, 0) is 12.2 Å². The minimum atomic E-state index is -1.19. The first kappa shape index (κ1) is 6.80. The minimum absolute atomic E-state index is 0.976. The fraction of sp³-hybridized carbons (Fsp3) is 0. The third kappa shape index (κ3) is 1.58. The van der Waals surface area contributed by atoms with Crippen molar-refractivity contribution in [2.45, 2.75) is 0 Å². The molecule has 1 rings (SSSR count). The Morgan fingerprint density at radius 1 is 1.20 bits per heavy atom. The molecule has 0 fully saturated rings. The molecule has 4 heteroatoms. The van der Waals surface area contributed by atoms with E-state index in [1.165, 1.54) is 18.4 Å². The molecule has 2 nitrogen and oxygen atoms in total. The van der Waals surface area contributed by atoms with Crippen LogP contribution in [0.2, 0.25) is 0 Å². The van der Waals surface area contributed by atoms with Gasteiger partial charge in [0, 0.05) is 6.20 Å². The van der Waals surface area contributed by atoms with Crippen LogP contribution in [-0.2, 0) is 0 Å². The third-order valence-electron chi connectivity index (χ3n) is 0.849. The average Bonchev–Trinajstić information content (AvgIpc) is 1.92. The van der Waals surface area contributed by atoms with E-state index in [9.17, 15) is 8.78 Å². The molecule has 0 atom stereocenters. The van der Waals surface area contributed by atoms with Crippen molar-refractivity contribution >= 4 is 0 Å². The monoisotopic (exact) mass is 142 g/mol. The van der Waals surface area contributed by atoms with Crippen molar-refractivity contribution < 1.29 is 8.78 Å². The van der Waals surface area contributed by atoms with Gasteiger partial charge in [-0.1, -0.05) is 6.08 Å². The van der Waals surface area contributed by atoms with Gasteiger partial charge in [-0.15, -0.1) is 5.11 Å². The van der Waals surface area contributed by atoms with E-state index in [4.69, 9.17) is 0 Å². The fourth-order valence-electron chi connectivity index (χ4n) is 0.429. The zero-order chi connectivity index (χ0) is 7.40. The van der Waals surface area contributed by atoms with E-state index in [0.717, 1.165) is 6.08 Å². The van der Waals surface area contributed by atoms with Gasteiger partial charge in [0.2, 0.25) is 0 Å². The predicted molar refractivity (Wildman–Crippen MR) is 32.4 cm³/mol. The summed E-state index contributed by atoms with van der Waals surface area (Å²) in [5, 5.41) is 6.07. The van der Waals surface area contributed by atoms with Gasteiger partial charge >= 0.3 is 0 Å². The molecule has 0 aliphatic carbocycles. The van der Waals surface area contributed by atoms with Gasteiger partial charge in [0.25, 0.3) is 5.95 Å². The van der Waals surface area contributed by atoms with Crippen molar-refractivity contribution in [1.82, 2.24) is 0 Å². The quantitative estimate of drug-likeness (QED) is 0.464. The third-order valence-corrected chi connectivity index (χ3v) is 0.849. The maximum atomic E-state index is 12.2. The van der Waals surface area contributed by atoms with Crippen LogP contribution in [0.3, 0.4) is 0 Å². The van der Waals surface area contributed by atoms with Crippen LogP contribution in [0.25, 0.3) is 0 Å². The standard InChI is InChI=1S/C6H4F2N2/c7-5-3-1-2-4-9-10-6(5)8/h1-4H/b2-1?,3-1-,4-2-,5-3?,6-5+,9-4?,10-6?,10-9-. The molecule has 0 aromatic carbocycles. The molecule has 0 unspecified atom stereocenters. The number of azo groups is 1. The van der Waals surface area contributed by atoms with Crippen molar-refractivity contribution in [1.29, 1.82) is 0 Å². The molecular formula is C6H4F2N2. The Balaban J connectivity index is 2.93. The summed E-state index contributed by atoms with van der Waals surface area (Å²) < 4.78 is 24.4. The SMILES string of the molecule is FC1=C(F)/N=N\C=C/C=C\1. The summed E-state index contributed by atoms with van der Waals surface area (Å²) in [5.41, 5.74) is 0. The van der Waals surface area contributed by atoms with Crippen LogP contribution in [0.1, 0.15) is 0 Å². The van der Waals surface area contributed by atoms with Crippen LogP contribution in [-0.4, -0.2) is 0 Å². The van der Waals surface area contributed by atoms with Crippen molar-refractivity contribution in [2.24, 2.45) is 10.2 Å². The lowest BCUT2D eigenvalue weighted by molar-refractivity contribution is 0.538. The second-order valence-electron chi connectivity index (χ2n) is 1.55. The highest BCUT2D eigenvalue weighted by Crippen LogP contribution is 2.12. The number of nitrogens with zero attached hydrogens (tertiary/aromatic N) is 2. The lowest BCUT2D eigenvalue weighted by atomic mass is 10.4. The molecule has 0 saturated heterocycles. The topological polar surface area (TPSA) is 24.7 Å². The van der Waals surface area contributed by atoms with Gasteiger partial charge < -0.3 is 0 Å². The normalized spacial score (nSPS) is 34.2. The molecule has 1 heterocycles. The van der Waals surface area contributed by atoms with Crippen LogP contribution in [0.5, 0.6) is 0 Å². The molecule has 10 heavy (non-hydrogen) atoms. The second-order valence-corrected chi connectivity index (χ2v) is 1.55. The van der Waals surface area contributed by atoms with Crippen LogP contribution < -0.4 is 0 Å². The lowest BCUT2D eigenvalue weighted by Gasteiger charge is -1.87. The van der Waals surface area contributed by atoms with Gasteiger partial charge in [0.1, 0.15) is 0 Å². The summed E-state index contributed by atoms with van der Waals surface area (Å²) in [7, 11) is 0. The number of allylic oxidation sites excluding steroid dienone is 4. The van der Waals surface area contributed by atoms with Crippen molar-refractivity contribution in [2.75, 3.05) is 0 Å². The average molecular weight is 142 g/mol. The summed E-state index contributed by atoms with van der Waals surface area (Å²) >= 11 is 0. The molecule has 0 amide bonds. The second kappa shape index (κ2) is 3.00. The molecule has 0 radical (unpaired) electrons. The molecule has 0 aromatic rings. The Hall–Kier alpha value is -1.32. The summed E-state index contributed by atoms with van der Waals surface area (Å²) in [5.74, 6) is -2.20. The van der Waals surface area contributed by atoms with Gasteiger partial charge in [0.05, 0.1) is 0 Å². The number of rotatable bonds is 0. The number of hydrogen-bond acceptors (Lipinski definition) is 2.